The first-order valence-corrected chi connectivity index (χ1v) is 12.6. The normalized spacial score (nSPS) is 26.8. The third-order valence-corrected chi connectivity index (χ3v) is 8.94. The first-order valence-electron chi connectivity index (χ1n) is 11.5. The highest BCUT2D eigenvalue weighted by atomic mass is 35.5. The highest BCUT2D eigenvalue weighted by Crippen LogP contribution is 2.69. The van der Waals surface area contributed by atoms with Crippen LogP contribution in [0.2, 0.25) is 5.02 Å². The van der Waals surface area contributed by atoms with Gasteiger partial charge in [-0.05, 0) is 46.5 Å². The van der Waals surface area contributed by atoms with Gasteiger partial charge in [0.05, 0.1) is 11.8 Å². The van der Waals surface area contributed by atoms with Gasteiger partial charge in [0.25, 0.3) is 11.8 Å². The number of rotatable bonds is 3. The molecule has 1 heterocycles. The van der Waals surface area contributed by atoms with Crippen LogP contribution in [0.1, 0.15) is 32.6 Å². The van der Waals surface area contributed by atoms with E-state index in [1.54, 1.807) is 0 Å². The summed E-state index contributed by atoms with van der Waals surface area (Å²) in [7, 11) is 0. The number of likely N-dealkylation sites (tertiary alicyclic amines) is 1. The Labute approximate surface area is 226 Å². The summed E-state index contributed by atoms with van der Waals surface area (Å²) in [4.78, 5) is 50.7. The van der Waals surface area contributed by atoms with Gasteiger partial charge in [0.15, 0.2) is 0 Å². The van der Waals surface area contributed by atoms with E-state index in [1.165, 1.54) is 24.3 Å². The van der Waals surface area contributed by atoms with Crippen molar-refractivity contribution in [3.8, 4) is 0 Å². The van der Waals surface area contributed by atoms with E-state index in [0.29, 0.717) is 27.3 Å². The maximum absolute atomic E-state index is 13.7. The summed E-state index contributed by atoms with van der Waals surface area (Å²) >= 11 is 20.5. The molecule has 4 amide bonds. The van der Waals surface area contributed by atoms with Crippen LogP contribution < -0.4 is 10.9 Å². The topological polar surface area (TPSA) is 95.6 Å². The first kappa shape index (κ1) is 24.0. The van der Waals surface area contributed by atoms with Crippen molar-refractivity contribution < 1.29 is 19.2 Å². The number of alkyl halides is 2. The zero-order valence-electron chi connectivity index (χ0n) is 19.0. The third kappa shape index (κ3) is 3.21. The monoisotopic (exact) mass is 553 g/mol. The number of hydrogen-bond donors (Lipinski definition) is 2. The summed E-state index contributed by atoms with van der Waals surface area (Å²) in [5, 5.41) is 0.459. The molecule has 1 aliphatic heterocycles. The maximum Gasteiger partial charge on any atom is 0.269 e. The highest BCUT2D eigenvalue weighted by Gasteiger charge is 2.73. The van der Waals surface area contributed by atoms with Crippen LogP contribution in [0.3, 0.4) is 0 Å². The number of amides is 4. The number of hydrazine groups is 1. The number of carbonyl (C=O) groups is 4. The largest absolute Gasteiger partial charge is 0.274 e. The molecule has 4 aliphatic rings. The van der Waals surface area contributed by atoms with Crippen molar-refractivity contribution >= 4 is 58.4 Å². The second kappa shape index (κ2) is 8.31. The minimum atomic E-state index is -1.32. The van der Waals surface area contributed by atoms with E-state index >= 15 is 0 Å². The van der Waals surface area contributed by atoms with Crippen LogP contribution in [0.5, 0.6) is 0 Å². The number of hydrogen-bond acceptors (Lipinski definition) is 4. The number of benzene rings is 3. The molecule has 2 N–H and O–H groups in total. The molecular formula is C27H18Cl3N3O4. The minimum absolute atomic E-state index is 0.268. The van der Waals surface area contributed by atoms with Crippen molar-refractivity contribution in [3.63, 3.8) is 0 Å². The molecule has 3 aliphatic carbocycles. The third-order valence-electron chi connectivity index (χ3n) is 7.40. The van der Waals surface area contributed by atoms with Crippen molar-refractivity contribution in [2.45, 2.75) is 9.75 Å². The van der Waals surface area contributed by atoms with Gasteiger partial charge in [-0.1, -0.05) is 60.1 Å². The molecule has 0 saturated carbocycles. The molecule has 3 aromatic carbocycles. The fourth-order valence-corrected chi connectivity index (χ4v) is 7.09. The van der Waals surface area contributed by atoms with E-state index in [1.807, 2.05) is 48.5 Å². The lowest BCUT2D eigenvalue weighted by molar-refractivity contribution is -0.143. The molecule has 7 rings (SSSR count). The predicted octanol–water partition coefficient (Wildman–Crippen LogP) is 3.69. The van der Waals surface area contributed by atoms with Crippen LogP contribution in [0.4, 0.5) is 0 Å². The Kier molecular flexibility index (Phi) is 5.39. The van der Waals surface area contributed by atoms with Gasteiger partial charge in [-0.2, -0.15) is 0 Å². The lowest BCUT2D eigenvalue weighted by Gasteiger charge is -2.54. The molecule has 37 heavy (non-hydrogen) atoms. The number of halogens is 3. The van der Waals surface area contributed by atoms with Gasteiger partial charge in [-0.3, -0.25) is 34.9 Å². The molecule has 2 atom stereocenters. The summed E-state index contributed by atoms with van der Waals surface area (Å²) < 4.78 is 0. The first-order chi connectivity index (χ1) is 17.7. The summed E-state index contributed by atoms with van der Waals surface area (Å²) in [6.45, 7) is -0.599. The Morgan fingerprint density at radius 1 is 0.730 bits per heavy atom. The van der Waals surface area contributed by atoms with Crippen LogP contribution >= 0.6 is 34.8 Å². The van der Waals surface area contributed by atoms with Crippen LogP contribution in [0.15, 0.2) is 72.8 Å². The Balaban J connectivity index is 1.30. The van der Waals surface area contributed by atoms with Gasteiger partial charge >= 0.3 is 0 Å². The van der Waals surface area contributed by atoms with Gasteiger partial charge in [0.2, 0.25) is 11.8 Å². The number of nitrogens with zero attached hydrogens (tertiary/aromatic N) is 1. The van der Waals surface area contributed by atoms with Crippen LogP contribution in [-0.2, 0) is 24.1 Å². The number of nitrogens with one attached hydrogen (secondary N) is 2. The maximum atomic E-state index is 13.7. The van der Waals surface area contributed by atoms with Crippen molar-refractivity contribution in [2.75, 3.05) is 6.54 Å². The van der Waals surface area contributed by atoms with Crippen LogP contribution in [0.25, 0.3) is 0 Å². The lowest BCUT2D eigenvalue weighted by atomic mass is 9.54. The summed E-state index contributed by atoms with van der Waals surface area (Å²) in [6.07, 6.45) is 0. The van der Waals surface area contributed by atoms with Gasteiger partial charge in [-0.25, -0.2) is 0 Å². The summed E-state index contributed by atoms with van der Waals surface area (Å²) in [5.41, 5.74) is 7.50. The lowest BCUT2D eigenvalue weighted by Crippen LogP contribution is -2.57. The highest BCUT2D eigenvalue weighted by molar-refractivity contribution is 6.36. The zero-order valence-corrected chi connectivity index (χ0v) is 21.3. The van der Waals surface area contributed by atoms with E-state index < -0.39 is 51.8 Å². The average Bonchev–Trinajstić information content (AvgIpc) is 3.16. The molecule has 7 nitrogen and oxygen atoms in total. The van der Waals surface area contributed by atoms with Gasteiger partial charge in [0.1, 0.15) is 16.3 Å². The van der Waals surface area contributed by atoms with Crippen molar-refractivity contribution in [1.29, 1.82) is 0 Å². The standard InChI is InChI=1S/C27H18Cl3N3O4/c28-15-11-9-14(10-12-15)23(35)32-31-20(34)13-33-24(36)21-22(25(33)37)27(30)17-6-2-1-5-16(17)26(21,29)18-7-3-4-8-19(18)27/h1-12,21-22H,13H2,(H,31,34)(H,32,35)/t21-,22-,26?,27?/m0/s1. The Morgan fingerprint density at radius 3 is 1.59 bits per heavy atom. The molecular weight excluding hydrogens is 537 g/mol. The summed E-state index contributed by atoms with van der Waals surface area (Å²) in [6, 6.07) is 20.6. The Hall–Kier alpha value is -3.39. The Bertz CT molecular complexity index is 1390. The molecule has 10 heteroatoms. The van der Waals surface area contributed by atoms with E-state index in [0.717, 1.165) is 4.90 Å². The molecule has 2 bridgehead atoms. The number of imide groups is 1. The second-order valence-electron chi connectivity index (χ2n) is 9.24. The molecule has 0 aromatic heterocycles. The van der Waals surface area contributed by atoms with Gasteiger partial charge < -0.3 is 0 Å². The second-order valence-corrected chi connectivity index (χ2v) is 10.9. The van der Waals surface area contributed by atoms with Crippen LogP contribution in [0, 0.1) is 11.8 Å². The van der Waals surface area contributed by atoms with E-state index in [4.69, 9.17) is 34.8 Å². The van der Waals surface area contributed by atoms with Crippen molar-refractivity contribution in [1.82, 2.24) is 15.8 Å². The van der Waals surface area contributed by atoms with Crippen molar-refractivity contribution in [2.24, 2.45) is 11.8 Å². The smallest absolute Gasteiger partial charge is 0.269 e. The molecule has 3 aromatic rings. The fourth-order valence-electron chi connectivity index (χ4n) is 5.86. The predicted molar refractivity (Wildman–Crippen MR) is 137 cm³/mol. The van der Waals surface area contributed by atoms with E-state index in [9.17, 15) is 19.2 Å². The Morgan fingerprint density at radius 2 is 1.16 bits per heavy atom. The van der Waals surface area contributed by atoms with E-state index in [2.05, 4.69) is 10.9 Å². The minimum Gasteiger partial charge on any atom is -0.274 e. The molecule has 186 valence electrons. The molecule has 0 unspecified atom stereocenters. The molecule has 1 saturated heterocycles. The number of carbonyl (C=O) groups excluding carboxylic acids is 4. The van der Waals surface area contributed by atoms with Crippen LogP contribution in [-0.4, -0.2) is 35.1 Å². The average molecular weight is 555 g/mol. The molecule has 1 fully saturated rings. The van der Waals surface area contributed by atoms with Gasteiger partial charge in [-0.15, -0.1) is 23.2 Å². The SMILES string of the molecule is O=C(CN1C(=O)[C@@H]2[C@@H](C1=O)C1(Cl)c3ccccc3C2(Cl)c2ccccc21)NNC(=O)c1ccc(Cl)cc1. The fraction of sp³-hybridized carbons (Fsp3) is 0.185. The van der Waals surface area contributed by atoms with Gasteiger partial charge in [0, 0.05) is 10.6 Å². The molecule has 0 spiro atoms. The summed E-state index contributed by atoms with van der Waals surface area (Å²) in [5.74, 6) is -4.50. The zero-order chi connectivity index (χ0) is 26.1. The quantitative estimate of drug-likeness (QED) is 0.293. The van der Waals surface area contributed by atoms with E-state index in [-0.39, 0.29) is 5.56 Å². The molecule has 0 radical (unpaired) electrons. The van der Waals surface area contributed by atoms with Crippen molar-refractivity contribution in [3.05, 3.63) is 106 Å².